The zero-order valence-corrected chi connectivity index (χ0v) is 10.2. The van der Waals surface area contributed by atoms with E-state index in [-0.39, 0.29) is 17.7 Å². The minimum Gasteiger partial charge on any atom is -0.343 e. The van der Waals surface area contributed by atoms with Gasteiger partial charge in [0.2, 0.25) is 15.9 Å². The average Bonchev–Trinajstić information content (AvgIpc) is 2.75. The summed E-state index contributed by atoms with van der Waals surface area (Å²) in [6.07, 6.45) is 0.642. The summed E-state index contributed by atoms with van der Waals surface area (Å²) in [4.78, 5) is 13.0. The van der Waals surface area contributed by atoms with Gasteiger partial charge in [-0.1, -0.05) is 0 Å². The van der Waals surface area contributed by atoms with Crippen molar-refractivity contribution >= 4 is 15.9 Å². The maximum atomic E-state index is 12.2. The molecule has 0 spiro atoms. The van der Waals surface area contributed by atoms with Crippen LogP contribution in [0.4, 0.5) is 0 Å². The number of piperazine rings is 1. The van der Waals surface area contributed by atoms with E-state index in [1.54, 1.807) is 11.9 Å². The van der Waals surface area contributed by atoms with Crippen LogP contribution < -0.4 is 5.32 Å². The molecule has 2 heterocycles. The molecule has 7 heteroatoms. The van der Waals surface area contributed by atoms with Gasteiger partial charge in [-0.15, -0.1) is 0 Å². The molecule has 2 saturated heterocycles. The normalized spacial score (nSPS) is 28.7. The second-order valence-electron chi connectivity index (χ2n) is 4.31. The minimum absolute atomic E-state index is 0.00463. The monoisotopic (exact) mass is 247 g/mol. The van der Waals surface area contributed by atoms with E-state index >= 15 is 0 Å². The lowest BCUT2D eigenvalue weighted by Gasteiger charge is -2.32. The molecule has 0 radical (unpaired) electrons. The highest BCUT2D eigenvalue weighted by Crippen LogP contribution is 2.17. The van der Waals surface area contributed by atoms with E-state index in [1.807, 2.05) is 0 Å². The predicted molar refractivity (Wildman–Crippen MR) is 59.4 cm³/mol. The highest BCUT2D eigenvalue weighted by Gasteiger charge is 2.37. The largest absolute Gasteiger partial charge is 0.343 e. The lowest BCUT2D eigenvalue weighted by Crippen LogP contribution is -2.53. The zero-order chi connectivity index (χ0) is 11.8. The van der Waals surface area contributed by atoms with Crippen LogP contribution in [0.1, 0.15) is 6.42 Å². The third-order valence-electron chi connectivity index (χ3n) is 3.22. The van der Waals surface area contributed by atoms with E-state index in [9.17, 15) is 13.2 Å². The molecule has 1 N–H and O–H groups in total. The Labute approximate surface area is 95.6 Å². The molecule has 2 aliphatic rings. The summed E-state index contributed by atoms with van der Waals surface area (Å²) < 4.78 is 25.6. The summed E-state index contributed by atoms with van der Waals surface area (Å²) in [5.74, 6) is -0.124. The Kier molecular flexibility index (Phi) is 3.18. The van der Waals surface area contributed by atoms with Crippen LogP contribution in [0.15, 0.2) is 0 Å². The maximum Gasteiger partial charge on any atom is 0.237 e. The Morgan fingerprint density at radius 2 is 2.12 bits per heavy atom. The molecule has 2 fully saturated rings. The molecule has 2 aliphatic heterocycles. The average molecular weight is 247 g/mol. The van der Waals surface area contributed by atoms with Crippen molar-refractivity contribution in [2.75, 3.05) is 39.8 Å². The van der Waals surface area contributed by atoms with Crippen LogP contribution >= 0.6 is 0 Å². The van der Waals surface area contributed by atoms with Crippen molar-refractivity contribution in [2.24, 2.45) is 0 Å². The molecule has 1 unspecified atom stereocenters. The van der Waals surface area contributed by atoms with Crippen molar-refractivity contribution < 1.29 is 13.2 Å². The van der Waals surface area contributed by atoms with Gasteiger partial charge < -0.3 is 10.2 Å². The van der Waals surface area contributed by atoms with Gasteiger partial charge in [0.05, 0.1) is 11.8 Å². The molecule has 0 aromatic carbocycles. The third-order valence-corrected chi connectivity index (χ3v) is 5.49. The van der Waals surface area contributed by atoms with Crippen LogP contribution in [0.25, 0.3) is 0 Å². The molecule has 2 rings (SSSR count). The SMILES string of the molecule is CN1CCN(S(=O)(=O)C2CCNC2)CC1=O. The highest BCUT2D eigenvalue weighted by molar-refractivity contribution is 7.89. The minimum atomic E-state index is -3.29. The molecular formula is C9H17N3O3S. The molecule has 92 valence electrons. The predicted octanol–water partition coefficient (Wildman–Crippen LogP) is -1.55. The number of hydrogen-bond donors (Lipinski definition) is 1. The van der Waals surface area contributed by atoms with Gasteiger partial charge in [-0.25, -0.2) is 8.42 Å². The van der Waals surface area contributed by atoms with Gasteiger partial charge in [0.15, 0.2) is 0 Å². The van der Waals surface area contributed by atoms with Gasteiger partial charge in [-0.2, -0.15) is 4.31 Å². The number of nitrogens with zero attached hydrogens (tertiary/aromatic N) is 2. The van der Waals surface area contributed by atoms with Crippen molar-refractivity contribution in [1.82, 2.24) is 14.5 Å². The number of carbonyl (C=O) groups excluding carboxylic acids is 1. The second kappa shape index (κ2) is 4.31. The Morgan fingerprint density at radius 1 is 1.38 bits per heavy atom. The first-order valence-electron chi connectivity index (χ1n) is 5.45. The Morgan fingerprint density at radius 3 is 2.69 bits per heavy atom. The second-order valence-corrected chi connectivity index (χ2v) is 6.52. The van der Waals surface area contributed by atoms with Crippen molar-refractivity contribution in [3.8, 4) is 0 Å². The van der Waals surface area contributed by atoms with E-state index in [0.717, 1.165) is 6.54 Å². The van der Waals surface area contributed by atoms with Crippen LogP contribution in [0.2, 0.25) is 0 Å². The molecule has 1 atom stereocenters. The fourth-order valence-corrected chi connectivity index (χ4v) is 3.84. The number of hydrogen-bond acceptors (Lipinski definition) is 4. The lowest BCUT2D eigenvalue weighted by molar-refractivity contribution is -0.132. The standard InChI is InChI=1S/C9H17N3O3S/c1-11-4-5-12(7-9(11)13)16(14,15)8-2-3-10-6-8/h8,10H,2-7H2,1H3. The van der Waals surface area contributed by atoms with E-state index in [4.69, 9.17) is 0 Å². The fraction of sp³-hybridized carbons (Fsp3) is 0.889. The van der Waals surface area contributed by atoms with Crippen molar-refractivity contribution in [2.45, 2.75) is 11.7 Å². The summed E-state index contributed by atoms with van der Waals surface area (Å²) in [5.41, 5.74) is 0. The zero-order valence-electron chi connectivity index (χ0n) is 9.35. The molecule has 1 amide bonds. The van der Waals surface area contributed by atoms with Crippen molar-refractivity contribution in [1.29, 1.82) is 0 Å². The Bertz CT molecular complexity index is 375. The third kappa shape index (κ3) is 2.07. The first-order valence-corrected chi connectivity index (χ1v) is 6.96. The van der Waals surface area contributed by atoms with Gasteiger partial charge >= 0.3 is 0 Å². The number of carbonyl (C=O) groups is 1. The smallest absolute Gasteiger partial charge is 0.237 e. The number of sulfonamides is 1. The quantitative estimate of drug-likeness (QED) is 0.641. The number of nitrogens with one attached hydrogen (secondary N) is 1. The van der Waals surface area contributed by atoms with Crippen LogP contribution in [0.3, 0.4) is 0 Å². The van der Waals surface area contributed by atoms with E-state index in [0.29, 0.717) is 26.1 Å². The van der Waals surface area contributed by atoms with Gasteiger partial charge in [-0.3, -0.25) is 4.79 Å². The molecule has 0 bridgehead atoms. The maximum absolute atomic E-state index is 12.2. The summed E-state index contributed by atoms with van der Waals surface area (Å²) in [5, 5.41) is 2.68. The van der Waals surface area contributed by atoms with Crippen molar-refractivity contribution in [3.63, 3.8) is 0 Å². The first-order chi connectivity index (χ1) is 7.51. The number of rotatable bonds is 2. The number of amides is 1. The van der Waals surface area contributed by atoms with Crippen LogP contribution in [-0.4, -0.2) is 68.6 Å². The van der Waals surface area contributed by atoms with Crippen LogP contribution in [0, 0.1) is 0 Å². The summed E-state index contributed by atoms with van der Waals surface area (Å²) in [6.45, 7) is 2.14. The van der Waals surface area contributed by atoms with E-state index < -0.39 is 10.0 Å². The molecule has 16 heavy (non-hydrogen) atoms. The number of likely N-dealkylation sites (N-methyl/N-ethyl adjacent to an activating group) is 1. The van der Waals surface area contributed by atoms with Gasteiger partial charge in [0.25, 0.3) is 0 Å². The topological polar surface area (TPSA) is 69.7 Å². The molecule has 0 aliphatic carbocycles. The first kappa shape index (κ1) is 11.8. The van der Waals surface area contributed by atoms with E-state index in [1.165, 1.54) is 4.31 Å². The lowest BCUT2D eigenvalue weighted by atomic mass is 10.4. The fourth-order valence-electron chi connectivity index (χ4n) is 2.05. The molecule has 6 nitrogen and oxygen atoms in total. The van der Waals surface area contributed by atoms with Gasteiger partial charge in [0, 0.05) is 26.7 Å². The summed E-state index contributed by atoms with van der Waals surface area (Å²) in [6, 6.07) is 0. The van der Waals surface area contributed by atoms with Crippen LogP contribution in [0.5, 0.6) is 0 Å². The van der Waals surface area contributed by atoms with Crippen molar-refractivity contribution in [3.05, 3.63) is 0 Å². The summed E-state index contributed by atoms with van der Waals surface area (Å²) in [7, 11) is -1.60. The Hall–Kier alpha value is -0.660. The van der Waals surface area contributed by atoms with Gasteiger partial charge in [-0.05, 0) is 13.0 Å². The highest BCUT2D eigenvalue weighted by atomic mass is 32.2. The molecule has 0 aromatic heterocycles. The van der Waals surface area contributed by atoms with Crippen LogP contribution in [-0.2, 0) is 14.8 Å². The van der Waals surface area contributed by atoms with E-state index in [2.05, 4.69) is 5.32 Å². The Balaban J connectivity index is 2.09. The molecule has 0 saturated carbocycles. The molecule has 0 aromatic rings. The van der Waals surface area contributed by atoms with Gasteiger partial charge in [0.1, 0.15) is 0 Å². The molecular weight excluding hydrogens is 230 g/mol. The summed E-state index contributed by atoms with van der Waals surface area (Å²) >= 11 is 0.